The fourth-order valence-corrected chi connectivity index (χ4v) is 3.95. The average molecular weight is 390 g/mol. The molecule has 0 saturated carbocycles. The number of rotatable bonds is 6. The van der Waals surface area contributed by atoms with Gasteiger partial charge in [-0.1, -0.05) is 37.3 Å². The van der Waals surface area contributed by atoms with Gasteiger partial charge in [-0.2, -0.15) is 0 Å². The fourth-order valence-electron chi connectivity index (χ4n) is 3.95. The van der Waals surface area contributed by atoms with Crippen LogP contribution in [-0.2, 0) is 14.9 Å². The minimum atomic E-state index is -0.592. The number of fused-ring (bicyclic) bond motifs is 1. The SMILES string of the molecule is CCCOc1ccc(NC(=O)C2(c3ccccc3)CCOCC2)c2cccnc12. The number of carbonyl (C=O) groups excluding carboxylic acids is 1. The Morgan fingerprint density at radius 3 is 2.66 bits per heavy atom. The molecule has 4 rings (SSSR count). The number of amides is 1. The third-order valence-corrected chi connectivity index (χ3v) is 5.55. The van der Waals surface area contributed by atoms with E-state index in [-0.39, 0.29) is 5.91 Å². The molecule has 0 spiro atoms. The minimum absolute atomic E-state index is 0.000574. The average Bonchev–Trinajstić information content (AvgIpc) is 2.79. The number of aromatic nitrogens is 1. The molecular formula is C24H26N2O3. The van der Waals surface area contributed by atoms with Crippen molar-refractivity contribution in [2.45, 2.75) is 31.6 Å². The summed E-state index contributed by atoms with van der Waals surface area (Å²) in [5.41, 5.74) is 1.96. The van der Waals surface area contributed by atoms with Gasteiger partial charge in [-0.15, -0.1) is 0 Å². The van der Waals surface area contributed by atoms with Crippen molar-refractivity contribution < 1.29 is 14.3 Å². The Hall–Kier alpha value is -2.92. The molecule has 0 unspecified atom stereocenters. The number of nitrogens with zero attached hydrogens (tertiary/aromatic N) is 1. The maximum atomic E-state index is 13.6. The monoisotopic (exact) mass is 390 g/mol. The third-order valence-electron chi connectivity index (χ3n) is 5.55. The maximum Gasteiger partial charge on any atom is 0.235 e. The molecule has 2 aromatic carbocycles. The van der Waals surface area contributed by atoms with Crippen molar-refractivity contribution in [2.75, 3.05) is 25.1 Å². The fraction of sp³-hybridized carbons (Fsp3) is 0.333. The van der Waals surface area contributed by atoms with Crippen LogP contribution < -0.4 is 10.1 Å². The number of hydrogen-bond donors (Lipinski definition) is 1. The summed E-state index contributed by atoms with van der Waals surface area (Å²) in [5.74, 6) is 0.740. The van der Waals surface area contributed by atoms with Crippen molar-refractivity contribution in [3.05, 3.63) is 66.4 Å². The number of nitrogens with one attached hydrogen (secondary N) is 1. The Morgan fingerprint density at radius 2 is 1.90 bits per heavy atom. The summed E-state index contributed by atoms with van der Waals surface area (Å²) >= 11 is 0. The highest BCUT2D eigenvalue weighted by Crippen LogP contribution is 2.37. The highest BCUT2D eigenvalue weighted by Gasteiger charge is 2.41. The van der Waals surface area contributed by atoms with Gasteiger partial charge in [0.25, 0.3) is 0 Å². The summed E-state index contributed by atoms with van der Waals surface area (Å²) in [7, 11) is 0. The predicted octanol–water partition coefficient (Wildman–Crippen LogP) is 4.71. The Morgan fingerprint density at radius 1 is 1.10 bits per heavy atom. The van der Waals surface area contributed by atoms with E-state index in [1.807, 2.05) is 54.6 Å². The second-order valence-electron chi connectivity index (χ2n) is 7.37. The van der Waals surface area contributed by atoms with Crippen molar-refractivity contribution in [2.24, 2.45) is 0 Å². The van der Waals surface area contributed by atoms with Crippen molar-refractivity contribution in [1.29, 1.82) is 0 Å². The van der Waals surface area contributed by atoms with Crippen LogP contribution in [0.2, 0.25) is 0 Å². The summed E-state index contributed by atoms with van der Waals surface area (Å²) < 4.78 is 11.4. The summed E-state index contributed by atoms with van der Waals surface area (Å²) in [6.45, 7) is 3.86. The first-order chi connectivity index (χ1) is 14.2. The largest absolute Gasteiger partial charge is 0.491 e. The minimum Gasteiger partial charge on any atom is -0.491 e. The molecule has 0 aliphatic carbocycles. The lowest BCUT2D eigenvalue weighted by Crippen LogP contribution is -2.44. The Balaban J connectivity index is 1.69. The van der Waals surface area contributed by atoms with Crippen molar-refractivity contribution in [1.82, 2.24) is 4.98 Å². The quantitative estimate of drug-likeness (QED) is 0.662. The molecule has 1 aliphatic heterocycles. The van der Waals surface area contributed by atoms with Crippen LogP contribution in [0.5, 0.6) is 5.75 Å². The first-order valence-electron chi connectivity index (χ1n) is 10.2. The summed E-state index contributed by atoms with van der Waals surface area (Å²) in [6.07, 6.45) is 4.00. The maximum absolute atomic E-state index is 13.6. The van der Waals surface area contributed by atoms with Crippen molar-refractivity contribution in [3.8, 4) is 5.75 Å². The first kappa shape index (κ1) is 19.4. The molecule has 0 bridgehead atoms. The standard InChI is InChI=1S/C24H26N2O3/c1-2-15-29-21-11-10-20(19-9-6-14-25-22(19)21)26-23(27)24(12-16-28-17-13-24)18-7-4-3-5-8-18/h3-11,14H,2,12-13,15-17H2,1H3,(H,26,27). The Bertz CT molecular complexity index is 982. The third kappa shape index (κ3) is 3.83. The highest BCUT2D eigenvalue weighted by molar-refractivity contribution is 6.06. The van der Waals surface area contributed by atoms with E-state index in [0.29, 0.717) is 32.7 Å². The second kappa shape index (κ2) is 8.62. The molecule has 5 heteroatoms. The predicted molar refractivity (Wildman–Crippen MR) is 114 cm³/mol. The number of benzene rings is 2. The van der Waals surface area contributed by atoms with Crippen LogP contribution in [0.1, 0.15) is 31.7 Å². The molecule has 1 amide bonds. The van der Waals surface area contributed by atoms with Crippen molar-refractivity contribution in [3.63, 3.8) is 0 Å². The normalized spacial score (nSPS) is 15.8. The van der Waals surface area contributed by atoms with Gasteiger partial charge in [0, 0.05) is 24.8 Å². The molecule has 5 nitrogen and oxygen atoms in total. The van der Waals surface area contributed by atoms with Gasteiger partial charge in [0.1, 0.15) is 11.3 Å². The molecule has 2 heterocycles. The number of hydrogen-bond acceptors (Lipinski definition) is 4. The lowest BCUT2D eigenvalue weighted by molar-refractivity contribution is -0.125. The smallest absolute Gasteiger partial charge is 0.235 e. The van der Waals surface area contributed by atoms with Gasteiger partial charge in [-0.3, -0.25) is 9.78 Å². The molecular weight excluding hydrogens is 364 g/mol. The Labute approximate surface area is 171 Å². The highest BCUT2D eigenvalue weighted by atomic mass is 16.5. The van der Waals surface area contributed by atoms with Crippen LogP contribution in [-0.4, -0.2) is 30.7 Å². The zero-order chi connectivity index (χ0) is 20.1. The zero-order valence-electron chi connectivity index (χ0n) is 16.7. The van der Waals surface area contributed by atoms with E-state index in [4.69, 9.17) is 9.47 Å². The summed E-state index contributed by atoms with van der Waals surface area (Å²) in [6, 6.07) is 17.7. The van der Waals surface area contributed by atoms with Crippen molar-refractivity contribution >= 4 is 22.5 Å². The van der Waals surface area contributed by atoms with Gasteiger partial charge < -0.3 is 14.8 Å². The lowest BCUT2D eigenvalue weighted by Gasteiger charge is -2.36. The summed E-state index contributed by atoms with van der Waals surface area (Å²) in [4.78, 5) is 18.1. The van der Waals surface area contributed by atoms with E-state index < -0.39 is 5.41 Å². The van der Waals surface area contributed by atoms with Gasteiger partial charge in [0.2, 0.25) is 5.91 Å². The molecule has 150 valence electrons. The van der Waals surface area contributed by atoms with E-state index in [2.05, 4.69) is 17.2 Å². The van der Waals surface area contributed by atoms with Gasteiger partial charge >= 0.3 is 0 Å². The molecule has 1 N–H and O–H groups in total. The molecule has 1 aliphatic rings. The molecule has 0 radical (unpaired) electrons. The van der Waals surface area contributed by atoms with Crippen LogP contribution in [0, 0.1) is 0 Å². The van der Waals surface area contributed by atoms with Crippen LogP contribution >= 0.6 is 0 Å². The number of ether oxygens (including phenoxy) is 2. The first-order valence-corrected chi connectivity index (χ1v) is 10.2. The number of anilines is 1. The van der Waals surface area contributed by atoms with E-state index in [9.17, 15) is 4.79 Å². The zero-order valence-corrected chi connectivity index (χ0v) is 16.7. The van der Waals surface area contributed by atoms with Crippen LogP contribution in [0.4, 0.5) is 5.69 Å². The Kier molecular flexibility index (Phi) is 5.76. The number of pyridine rings is 1. The topological polar surface area (TPSA) is 60.5 Å². The molecule has 1 saturated heterocycles. The van der Waals surface area contributed by atoms with Crippen LogP contribution in [0.15, 0.2) is 60.8 Å². The molecule has 29 heavy (non-hydrogen) atoms. The molecule has 1 fully saturated rings. The van der Waals surface area contributed by atoms with E-state index >= 15 is 0 Å². The van der Waals surface area contributed by atoms with E-state index in [0.717, 1.165) is 34.3 Å². The second-order valence-corrected chi connectivity index (χ2v) is 7.37. The lowest BCUT2D eigenvalue weighted by atomic mass is 9.73. The van der Waals surface area contributed by atoms with Gasteiger partial charge in [0.05, 0.1) is 17.7 Å². The van der Waals surface area contributed by atoms with Gasteiger partial charge in [0.15, 0.2) is 0 Å². The van der Waals surface area contributed by atoms with Gasteiger partial charge in [-0.25, -0.2) is 0 Å². The molecule has 0 atom stereocenters. The molecule has 3 aromatic rings. The van der Waals surface area contributed by atoms with E-state index in [1.165, 1.54) is 0 Å². The van der Waals surface area contributed by atoms with Crippen LogP contribution in [0.25, 0.3) is 10.9 Å². The van der Waals surface area contributed by atoms with Gasteiger partial charge in [-0.05, 0) is 49.1 Å². The van der Waals surface area contributed by atoms with E-state index in [1.54, 1.807) is 6.20 Å². The van der Waals surface area contributed by atoms with Crippen LogP contribution in [0.3, 0.4) is 0 Å². The summed E-state index contributed by atoms with van der Waals surface area (Å²) in [5, 5.41) is 4.07. The molecule has 1 aromatic heterocycles. The number of carbonyl (C=O) groups is 1.